The van der Waals surface area contributed by atoms with Crippen LogP contribution >= 0.6 is 0 Å². The molecule has 0 bridgehead atoms. The molecule has 0 aliphatic carbocycles. The number of rotatable bonds is 6. The number of para-hydroxylation sites is 1. The van der Waals surface area contributed by atoms with E-state index in [0.29, 0.717) is 12.2 Å². The third-order valence-corrected chi connectivity index (χ3v) is 3.22. The standard InChI is InChI=1S/C16H18N2O3/c1-12(15-8-3-4-9-16(15)18(19)20)17-14-7-5-6-13(10-14)11-21-2/h3-10,12,17H,11H2,1-2H3. The molecule has 0 saturated carbocycles. The van der Waals surface area contributed by atoms with Crippen molar-refractivity contribution in [2.75, 3.05) is 12.4 Å². The van der Waals surface area contributed by atoms with Gasteiger partial charge in [-0.1, -0.05) is 30.3 Å². The third-order valence-electron chi connectivity index (χ3n) is 3.22. The predicted molar refractivity (Wildman–Crippen MR) is 82.3 cm³/mol. The van der Waals surface area contributed by atoms with Crippen molar-refractivity contribution in [3.8, 4) is 0 Å². The van der Waals surface area contributed by atoms with Crippen LogP contribution in [0.15, 0.2) is 48.5 Å². The summed E-state index contributed by atoms with van der Waals surface area (Å²) in [6, 6.07) is 14.4. The van der Waals surface area contributed by atoms with E-state index in [-0.39, 0.29) is 16.7 Å². The highest BCUT2D eigenvalue weighted by atomic mass is 16.6. The van der Waals surface area contributed by atoms with Gasteiger partial charge in [0, 0.05) is 18.9 Å². The fourth-order valence-corrected chi connectivity index (χ4v) is 2.27. The van der Waals surface area contributed by atoms with Crippen molar-refractivity contribution in [2.45, 2.75) is 19.6 Å². The van der Waals surface area contributed by atoms with Gasteiger partial charge >= 0.3 is 0 Å². The second kappa shape index (κ2) is 6.85. The van der Waals surface area contributed by atoms with Crippen LogP contribution in [-0.2, 0) is 11.3 Å². The Labute approximate surface area is 123 Å². The van der Waals surface area contributed by atoms with Gasteiger partial charge in [-0.25, -0.2) is 0 Å². The average molecular weight is 286 g/mol. The monoisotopic (exact) mass is 286 g/mol. The topological polar surface area (TPSA) is 64.4 Å². The minimum Gasteiger partial charge on any atom is -0.380 e. The Morgan fingerprint density at radius 1 is 1.24 bits per heavy atom. The van der Waals surface area contributed by atoms with E-state index in [2.05, 4.69) is 5.32 Å². The SMILES string of the molecule is COCc1cccc(NC(C)c2ccccc2[N+](=O)[O-])c1. The predicted octanol–water partition coefficient (Wildman–Crippen LogP) is 3.91. The van der Waals surface area contributed by atoms with Crippen LogP contribution in [0.4, 0.5) is 11.4 Å². The normalized spacial score (nSPS) is 11.9. The van der Waals surface area contributed by atoms with Crippen LogP contribution in [0.1, 0.15) is 24.1 Å². The fraction of sp³-hybridized carbons (Fsp3) is 0.250. The van der Waals surface area contributed by atoms with E-state index in [4.69, 9.17) is 4.74 Å². The molecule has 5 nitrogen and oxygen atoms in total. The summed E-state index contributed by atoms with van der Waals surface area (Å²) in [4.78, 5) is 10.7. The van der Waals surface area contributed by atoms with Crippen molar-refractivity contribution in [3.05, 3.63) is 69.8 Å². The quantitative estimate of drug-likeness (QED) is 0.646. The molecule has 0 amide bonds. The molecule has 0 saturated heterocycles. The second-order valence-corrected chi connectivity index (χ2v) is 4.82. The van der Waals surface area contributed by atoms with Crippen molar-refractivity contribution < 1.29 is 9.66 Å². The molecule has 1 atom stereocenters. The lowest BCUT2D eigenvalue weighted by atomic mass is 10.1. The summed E-state index contributed by atoms with van der Waals surface area (Å²) in [6.07, 6.45) is 0. The van der Waals surface area contributed by atoms with E-state index in [0.717, 1.165) is 11.3 Å². The van der Waals surface area contributed by atoms with Gasteiger partial charge in [0.1, 0.15) is 0 Å². The van der Waals surface area contributed by atoms with Crippen LogP contribution in [0.2, 0.25) is 0 Å². The second-order valence-electron chi connectivity index (χ2n) is 4.82. The summed E-state index contributed by atoms with van der Waals surface area (Å²) in [5, 5.41) is 14.4. The molecule has 1 N–H and O–H groups in total. The number of nitrogens with one attached hydrogen (secondary N) is 1. The van der Waals surface area contributed by atoms with Crippen LogP contribution in [0.3, 0.4) is 0 Å². The Morgan fingerprint density at radius 3 is 2.71 bits per heavy atom. The van der Waals surface area contributed by atoms with Gasteiger partial charge in [0.2, 0.25) is 0 Å². The fourth-order valence-electron chi connectivity index (χ4n) is 2.27. The number of anilines is 1. The zero-order valence-corrected chi connectivity index (χ0v) is 12.1. The highest BCUT2D eigenvalue weighted by Gasteiger charge is 2.17. The summed E-state index contributed by atoms with van der Waals surface area (Å²) in [7, 11) is 1.65. The number of hydrogen-bond acceptors (Lipinski definition) is 4. The van der Waals surface area contributed by atoms with E-state index >= 15 is 0 Å². The number of nitro benzene ring substituents is 1. The lowest BCUT2D eigenvalue weighted by Crippen LogP contribution is -2.09. The average Bonchev–Trinajstić information content (AvgIpc) is 2.48. The molecule has 0 heterocycles. The number of nitro groups is 1. The molecule has 2 aromatic carbocycles. The molecule has 0 aliphatic heterocycles. The highest BCUT2D eigenvalue weighted by molar-refractivity contribution is 5.50. The zero-order chi connectivity index (χ0) is 15.2. The molecule has 0 aromatic heterocycles. The van der Waals surface area contributed by atoms with Gasteiger partial charge in [0.05, 0.1) is 23.1 Å². The van der Waals surface area contributed by atoms with Gasteiger partial charge in [-0.2, -0.15) is 0 Å². The van der Waals surface area contributed by atoms with Crippen molar-refractivity contribution >= 4 is 11.4 Å². The minimum atomic E-state index is -0.352. The van der Waals surface area contributed by atoms with E-state index in [1.54, 1.807) is 19.2 Å². The molecule has 1 unspecified atom stereocenters. The number of hydrogen-bond donors (Lipinski definition) is 1. The molecule has 0 fully saturated rings. The van der Waals surface area contributed by atoms with Crippen molar-refractivity contribution in [1.82, 2.24) is 0 Å². The number of benzene rings is 2. The molecule has 110 valence electrons. The molecular formula is C16H18N2O3. The number of nitrogens with zero attached hydrogens (tertiary/aromatic N) is 1. The van der Waals surface area contributed by atoms with Gasteiger partial charge in [-0.15, -0.1) is 0 Å². The van der Waals surface area contributed by atoms with E-state index in [1.807, 2.05) is 37.3 Å². The number of ether oxygens (including phenoxy) is 1. The van der Waals surface area contributed by atoms with Gasteiger partial charge in [-0.05, 0) is 24.6 Å². The first kappa shape index (κ1) is 15.0. The maximum atomic E-state index is 11.1. The molecule has 0 radical (unpaired) electrons. The van der Waals surface area contributed by atoms with Crippen LogP contribution in [0.5, 0.6) is 0 Å². The summed E-state index contributed by atoms with van der Waals surface area (Å²) >= 11 is 0. The van der Waals surface area contributed by atoms with E-state index in [9.17, 15) is 10.1 Å². The van der Waals surface area contributed by atoms with Crippen LogP contribution in [0.25, 0.3) is 0 Å². The lowest BCUT2D eigenvalue weighted by Gasteiger charge is -2.16. The molecule has 0 spiro atoms. The summed E-state index contributed by atoms with van der Waals surface area (Å²) in [5.41, 5.74) is 2.76. The molecule has 0 aliphatic rings. The van der Waals surface area contributed by atoms with Gasteiger partial charge < -0.3 is 10.1 Å². The molecule has 21 heavy (non-hydrogen) atoms. The molecule has 2 rings (SSSR count). The minimum absolute atomic E-state index is 0.130. The Hall–Kier alpha value is -2.40. The first-order valence-electron chi connectivity index (χ1n) is 6.69. The molecule has 2 aromatic rings. The maximum Gasteiger partial charge on any atom is 0.274 e. The summed E-state index contributed by atoms with van der Waals surface area (Å²) in [5.74, 6) is 0. The van der Waals surface area contributed by atoms with E-state index in [1.165, 1.54) is 6.07 Å². The number of methoxy groups -OCH3 is 1. The summed E-state index contributed by atoms with van der Waals surface area (Å²) in [6.45, 7) is 2.45. The van der Waals surface area contributed by atoms with Crippen LogP contribution in [0, 0.1) is 10.1 Å². The third kappa shape index (κ3) is 3.79. The van der Waals surface area contributed by atoms with Crippen molar-refractivity contribution in [3.63, 3.8) is 0 Å². The van der Waals surface area contributed by atoms with Crippen molar-refractivity contribution in [2.24, 2.45) is 0 Å². The zero-order valence-electron chi connectivity index (χ0n) is 12.1. The van der Waals surface area contributed by atoms with Gasteiger partial charge in [0.25, 0.3) is 5.69 Å². The smallest absolute Gasteiger partial charge is 0.274 e. The molecular weight excluding hydrogens is 268 g/mol. The van der Waals surface area contributed by atoms with Gasteiger partial charge in [0.15, 0.2) is 0 Å². The maximum absolute atomic E-state index is 11.1. The van der Waals surface area contributed by atoms with Gasteiger partial charge in [-0.3, -0.25) is 10.1 Å². The summed E-state index contributed by atoms with van der Waals surface area (Å²) < 4.78 is 5.11. The Morgan fingerprint density at radius 2 is 2.00 bits per heavy atom. The van der Waals surface area contributed by atoms with Crippen molar-refractivity contribution in [1.29, 1.82) is 0 Å². The first-order valence-corrected chi connectivity index (χ1v) is 6.69. The lowest BCUT2D eigenvalue weighted by molar-refractivity contribution is -0.385. The van der Waals surface area contributed by atoms with Crippen LogP contribution < -0.4 is 5.32 Å². The van der Waals surface area contributed by atoms with Crippen LogP contribution in [-0.4, -0.2) is 12.0 Å². The van der Waals surface area contributed by atoms with E-state index < -0.39 is 0 Å². The highest BCUT2D eigenvalue weighted by Crippen LogP contribution is 2.27. The largest absolute Gasteiger partial charge is 0.380 e. The first-order chi connectivity index (χ1) is 10.1. The Bertz CT molecular complexity index is 628. The Balaban J connectivity index is 2.20. The Kier molecular flexibility index (Phi) is 4.90. The molecule has 5 heteroatoms.